The zero-order chi connectivity index (χ0) is 16.5. The van der Waals surface area contributed by atoms with Gasteiger partial charge in [0.05, 0.1) is 27.6 Å². The molecule has 118 valence electrons. The first-order valence-electron chi connectivity index (χ1n) is 7.28. The summed E-state index contributed by atoms with van der Waals surface area (Å²) in [4.78, 5) is 50.7. The molecule has 0 unspecified atom stereocenters. The molecule has 1 saturated heterocycles. The Labute approximate surface area is 141 Å². The molecule has 1 aromatic carbocycles. The van der Waals surface area contributed by atoms with Gasteiger partial charge in [-0.2, -0.15) is 0 Å². The lowest BCUT2D eigenvalue weighted by Gasteiger charge is -2.40. The standard InChI is InChI=1S/C16H11Cl2NO4/c17-9-2-1-6(3-10(9)18)19-15(22)13-7-4-11(20)8(5-12(7)21)14(13)16(19)23/h1-3,7-8,13-14H,4-5H2/t7-,8+,13-,14-/m0/s1. The predicted molar refractivity (Wildman–Crippen MR) is 82.2 cm³/mol. The van der Waals surface area contributed by atoms with E-state index in [4.69, 9.17) is 23.2 Å². The summed E-state index contributed by atoms with van der Waals surface area (Å²) in [5, 5.41) is 0.548. The maximum atomic E-state index is 12.8. The number of hydrogen-bond donors (Lipinski definition) is 0. The average molecular weight is 352 g/mol. The van der Waals surface area contributed by atoms with E-state index < -0.39 is 35.5 Å². The SMILES string of the molecule is O=C1C[C@H]2C(=O)C[C@H]1[C@@H]1C(=O)N(c3ccc(Cl)c(Cl)c3)C(=O)[C@H]12. The summed E-state index contributed by atoms with van der Waals surface area (Å²) in [6.45, 7) is 0. The molecule has 4 fully saturated rings. The van der Waals surface area contributed by atoms with Crippen LogP contribution in [-0.4, -0.2) is 23.4 Å². The highest BCUT2D eigenvalue weighted by Crippen LogP contribution is 2.51. The van der Waals surface area contributed by atoms with Crippen LogP contribution >= 0.6 is 23.2 Å². The lowest BCUT2D eigenvalue weighted by Crippen LogP contribution is -2.51. The Morgan fingerprint density at radius 2 is 1.35 bits per heavy atom. The lowest BCUT2D eigenvalue weighted by atomic mass is 9.58. The molecule has 3 aliphatic carbocycles. The van der Waals surface area contributed by atoms with Crippen molar-refractivity contribution in [3.05, 3.63) is 28.2 Å². The van der Waals surface area contributed by atoms with Gasteiger partial charge in [-0.25, -0.2) is 4.90 Å². The normalized spacial score (nSPS) is 32.7. The number of imide groups is 1. The highest BCUT2D eigenvalue weighted by atomic mass is 35.5. The van der Waals surface area contributed by atoms with Gasteiger partial charge < -0.3 is 0 Å². The van der Waals surface area contributed by atoms with Crippen molar-refractivity contribution in [1.82, 2.24) is 0 Å². The molecule has 0 aromatic heterocycles. The number of fused-ring (bicyclic) bond motifs is 2. The Morgan fingerprint density at radius 3 is 1.83 bits per heavy atom. The Bertz CT molecular complexity index is 750. The number of amides is 2. The summed E-state index contributed by atoms with van der Waals surface area (Å²) in [6.07, 6.45) is 0.137. The Kier molecular flexibility index (Phi) is 3.15. The first kappa shape index (κ1) is 14.8. The molecule has 1 heterocycles. The number of anilines is 1. The van der Waals surface area contributed by atoms with Crippen molar-refractivity contribution in [1.29, 1.82) is 0 Å². The van der Waals surface area contributed by atoms with E-state index in [1.54, 1.807) is 0 Å². The van der Waals surface area contributed by atoms with Gasteiger partial charge in [0.1, 0.15) is 11.6 Å². The van der Waals surface area contributed by atoms with Crippen LogP contribution in [0.25, 0.3) is 0 Å². The maximum Gasteiger partial charge on any atom is 0.238 e. The number of rotatable bonds is 1. The highest BCUT2D eigenvalue weighted by molar-refractivity contribution is 6.42. The molecule has 4 aliphatic rings. The molecule has 5 rings (SSSR count). The van der Waals surface area contributed by atoms with Crippen molar-refractivity contribution in [2.45, 2.75) is 12.8 Å². The molecule has 5 nitrogen and oxygen atoms in total. The number of Topliss-reactive ketones (excluding diaryl/α,β-unsaturated/α-hetero) is 2. The van der Waals surface area contributed by atoms with Crippen LogP contribution < -0.4 is 4.90 Å². The zero-order valence-electron chi connectivity index (χ0n) is 11.8. The average Bonchev–Trinajstić information content (AvgIpc) is 2.77. The fourth-order valence-corrected chi connectivity index (χ4v) is 4.35. The fourth-order valence-electron chi connectivity index (χ4n) is 4.06. The smallest absolute Gasteiger partial charge is 0.238 e. The van der Waals surface area contributed by atoms with Crippen molar-refractivity contribution in [2.24, 2.45) is 23.7 Å². The van der Waals surface area contributed by atoms with E-state index in [1.807, 2.05) is 0 Å². The molecule has 0 spiro atoms. The number of nitrogens with zero attached hydrogens (tertiary/aromatic N) is 1. The molecule has 1 aromatic rings. The highest BCUT2D eigenvalue weighted by Gasteiger charge is 2.63. The quantitative estimate of drug-likeness (QED) is 0.727. The number of carbonyl (C=O) groups excluding carboxylic acids is 4. The van der Waals surface area contributed by atoms with Gasteiger partial charge in [0.2, 0.25) is 11.8 Å². The monoisotopic (exact) mass is 351 g/mol. The third-order valence-corrected chi connectivity index (χ3v) is 5.83. The fraction of sp³-hybridized carbons (Fsp3) is 0.375. The number of halogens is 2. The molecule has 0 radical (unpaired) electrons. The summed E-state index contributed by atoms with van der Waals surface area (Å²) in [5.41, 5.74) is 0.322. The summed E-state index contributed by atoms with van der Waals surface area (Å²) >= 11 is 11.8. The second-order valence-electron chi connectivity index (χ2n) is 6.22. The minimum atomic E-state index is -0.721. The summed E-state index contributed by atoms with van der Waals surface area (Å²) < 4.78 is 0. The third-order valence-electron chi connectivity index (χ3n) is 5.10. The second kappa shape index (κ2) is 4.89. The van der Waals surface area contributed by atoms with Crippen LogP contribution in [0, 0.1) is 23.7 Å². The van der Waals surface area contributed by atoms with E-state index in [1.165, 1.54) is 18.2 Å². The number of carbonyl (C=O) groups is 4. The summed E-state index contributed by atoms with van der Waals surface area (Å²) in [6, 6.07) is 4.49. The minimum absolute atomic E-state index is 0.0684. The topological polar surface area (TPSA) is 71.5 Å². The Morgan fingerprint density at radius 1 is 0.826 bits per heavy atom. The van der Waals surface area contributed by atoms with Gasteiger partial charge >= 0.3 is 0 Å². The van der Waals surface area contributed by atoms with Crippen molar-refractivity contribution in [3.8, 4) is 0 Å². The van der Waals surface area contributed by atoms with Crippen molar-refractivity contribution < 1.29 is 19.2 Å². The minimum Gasteiger partial charge on any atom is -0.299 e. The molecule has 2 bridgehead atoms. The van der Waals surface area contributed by atoms with E-state index in [0.29, 0.717) is 10.7 Å². The van der Waals surface area contributed by atoms with Crippen LogP contribution in [-0.2, 0) is 19.2 Å². The van der Waals surface area contributed by atoms with Crippen molar-refractivity contribution in [2.75, 3.05) is 4.90 Å². The Balaban J connectivity index is 1.79. The third kappa shape index (κ3) is 1.93. The van der Waals surface area contributed by atoms with Gasteiger partial charge in [-0.05, 0) is 18.2 Å². The van der Waals surface area contributed by atoms with Crippen LogP contribution in [0.2, 0.25) is 10.0 Å². The van der Waals surface area contributed by atoms with Gasteiger partial charge in [0.25, 0.3) is 0 Å². The molecule has 4 atom stereocenters. The van der Waals surface area contributed by atoms with Crippen LogP contribution in [0.15, 0.2) is 18.2 Å². The van der Waals surface area contributed by atoms with Gasteiger partial charge in [0.15, 0.2) is 0 Å². The molecule has 3 saturated carbocycles. The van der Waals surface area contributed by atoms with E-state index >= 15 is 0 Å². The van der Waals surface area contributed by atoms with E-state index in [-0.39, 0.29) is 29.4 Å². The molecule has 2 amide bonds. The summed E-state index contributed by atoms with van der Waals surface area (Å²) in [5.74, 6) is -3.80. The molecule has 7 heteroatoms. The van der Waals surface area contributed by atoms with E-state index in [9.17, 15) is 19.2 Å². The van der Waals surface area contributed by atoms with E-state index in [2.05, 4.69) is 0 Å². The first-order chi connectivity index (χ1) is 10.9. The molecular formula is C16H11Cl2NO4. The number of hydrogen-bond acceptors (Lipinski definition) is 4. The van der Waals surface area contributed by atoms with Crippen LogP contribution in [0.4, 0.5) is 5.69 Å². The maximum absolute atomic E-state index is 12.8. The van der Waals surface area contributed by atoms with Crippen LogP contribution in [0.1, 0.15) is 12.8 Å². The van der Waals surface area contributed by atoms with Gasteiger partial charge in [-0.3, -0.25) is 19.2 Å². The summed E-state index contributed by atoms with van der Waals surface area (Å²) in [7, 11) is 0. The molecule has 0 N–H and O–H groups in total. The number of benzene rings is 1. The lowest BCUT2D eigenvalue weighted by molar-refractivity contribution is -0.153. The molecule has 1 aliphatic heterocycles. The molecular weight excluding hydrogens is 341 g/mol. The van der Waals surface area contributed by atoms with Gasteiger partial charge in [-0.1, -0.05) is 23.2 Å². The van der Waals surface area contributed by atoms with Crippen molar-refractivity contribution in [3.63, 3.8) is 0 Å². The van der Waals surface area contributed by atoms with Gasteiger partial charge in [-0.15, -0.1) is 0 Å². The number of ketones is 2. The van der Waals surface area contributed by atoms with Gasteiger partial charge in [0, 0.05) is 24.7 Å². The van der Waals surface area contributed by atoms with Crippen LogP contribution in [0.3, 0.4) is 0 Å². The molecule has 23 heavy (non-hydrogen) atoms. The largest absolute Gasteiger partial charge is 0.299 e. The second-order valence-corrected chi connectivity index (χ2v) is 7.03. The van der Waals surface area contributed by atoms with E-state index in [0.717, 1.165) is 4.90 Å². The van der Waals surface area contributed by atoms with Crippen molar-refractivity contribution >= 4 is 52.3 Å². The first-order valence-corrected chi connectivity index (χ1v) is 8.04. The Hall–Kier alpha value is -1.72. The zero-order valence-corrected chi connectivity index (χ0v) is 13.3. The predicted octanol–water partition coefficient (Wildman–Crippen LogP) is 2.28. The van der Waals surface area contributed by atoms with Crippen LogP contribution in [0.5, 0.6) is 0 Å².